The number of carbonyl (C=O) groups excluding carboxylic acids is 1. The second kappa shape index (κ2) is 9.47. The minimum Gasteiger partial charge on any atom is -0.493 e. The first-order chi connectivity index (χ1) is 14.5. The van der Waals surface area contributed by atoms with E-state index in [0.717, 1.165) is 5.56 Å². The van der Waals surface area contributed by atoms with Crippen LogP contribution in [0, 0.1) is 0 Å². The summed E-state index contributed by atoms with van der Waals surface area (Å²) >= 11 is 0. The van der Waals surface area contributed by atoms with Crippen LogP contribution in [0.25, 0.3) is 6.08 Å². The number of methoxy groups -OCH3 is 3. The Balaban J connectivity index is 1.87. The van der Waals surface area contributed by atoms with E-state index in [1.165, 1.54) is 6.08 Å². The fourth-order valence-corrected chi connectivity index (χ4v) is 2.86. The molecule has 7 nitrogen and oxygen atoms in total. The first-order valence-electron chi connectivity index (χ1n) is 9.15. The fourth-order valence-electron chi connectivity index (χ4n) is 2.86. The van der Waals surface area contributed by atoms with Crippen LogP contribution in [0.2, 0.25) is 0 Å². The van der Waals surface area contributed by atoms with Crippen molar-refractivity contribution in [3.63, 3.8) is 0 Å². The van der Waals surface area contributed by atoms with E-state index in [-0.39, 0.29) is 5.78 Å². The summed E-state index contributed by atoms with van der Waals surface area (Å²) in [5, 5.41) is 3.24. The molecule has 0 aliphatic rings. The van der Waals surface area contributed by atoms with Crippen LogP contribution in [0.5, 0.6) is 17.2 Å². The minimum atomic E-state index is -0.127. The maximum absolute atomic E-state index is 12.4. The van der Waals surface area contributed by atoms with E-state index in [2.05, 4.69) is 10.3 Å². The molecule has 154 valence electrons. The Hall–Kier alpha value is -4.00. The van der Waals surface area contributed by atoms with Crippen molar-refractivity contribution in [1.29, 1.82) is 0 Å². The molecular formula is C23H23N3O4. The maximum atomic E-state index is 12.4. The van der Waals surface area contributed by atoms with Crippen LogP contribution in [0.4, 0.5) is 17.2 Å². The average molecular weight is 405 g/mol. The summed E-state index contributed by atoms with van der Waals surface area (Å²) in [5.74, 6) is 1.99. The smallest absolute Gasteiger partial charge is 0.203 e. The van der Waals surface area contributed by atoms with Gasteiger partial charge in [0.1, 0.15) is 5.82 Å². The molecule has 0 spiro atoms. The molecule has 0 bridgehead atoms. The molecule has 30 heavy (non-hydrogen) atoms. The van der Waals surface area contributed by atoms with Gasteiger partial charge in [0.05, 0.1) is 21.3 Å². The fraction of sp³-hybridized carbons (Fsp3) is 0.130. The number of rotatable bonds is 8. The van der Waals surface area contributed by atoms with E-state index in [1.807, 2.05) is 6.07 Å². The molecular weight excluding hydrogens is 382 g/mol. The summed E-state index contributed by atoms with van der Waals surface area (Å²) < 4.78 is 16.1. The van der Waals surface area contributed by atoms with Gasteiger partial charge in [-0.3, -0.25) is 4.79 Å². The molecule has 2 aromatic carbocycles. The molecule has 0 aliphatic carbocycles. The lowest BCUT2D eigenvalue weighted by atomic mass is 10.1. The third-order valence-electron chi connectivity index (χ3n) is 4.38. The number of nitrogen functional groups attached to an aromatic ring is 1. The first kappa shape index (κ1) is 20.7. The van der Waals surface area contributed by atoms with Crippen molar-refractivity contribution in [3.05, 3.63) is 71.9 Å². The first-order valence-corrected chi connectivity index (χ1v) is 9.15. The van der Waals surface area contributed by atoms with Crippen LogP contribution in [0.1, 0.15) is 15.9 Å². The van der Waals surface area contributed by atoms with Gasteiger partial charge in [-0.1, -0.05) is 0 Å². The highest BCUT2D eigenvalue weighted by Gasteiger charge is 2.14. The number of nitrogens with one attached hydrogen (secondary N) is 1. The number of pyridine rings is 1. The van der Waals surface area contributed by atoms with Crippen molar-refractivity contribution >= 4 is 29.1 Å². The van der Waals surface area contributed by atoms with Crippen molar-refractivity contribution < 1.29 is 19.0 Å². The molecule has 0 unspecified atom stereocenters. The largest absolute Gasteiger partial charge is 0.493 e. The number of nitrogens with two attached hydrogens (primary N) is 1. The Morgan fingerprint density at radius 1 is 1.00 bits per heavy atom. The zero-order valence-corrected chi connectivity index (χ0v) is 17.0. The summed E-state index contributed by atoms with van der Waals surface area (Å²) in [5.41, 5.74) is 8.28. The molecule has 0 radical (unpaired) electrons. The summed E-state index contributed by atoms with van der Waals surface area (Å²) in [6, 6.07) is 14.0. The zero-order chi connectivity index (χ0) is 21.5. The highest BCUT2D eigenvalue weighted by molar-refractivity contribution is 6.07. The van der Waals surface area contributed by atoms with Crippen molar-refractivity contribution in [2.75, 3.05) is 32.4 Å². The van der Waals surface area contributed by atoms with Gasteiger partial charge >= 0.3 is 0 Å². The van der Waals surface area contributed by atoms with Gasteiger partial charge in [-0.25, -0.2) is 4.98 Å². The molecule has 1 heterocycles. The number of aromatic nitrogens is 1. The summed E-state index contributed by atoms with van der Waals surface area (Å²) in [6.07, 6.45) is 4.88. The molecule has 3 aromatic rings. The van der Waals surface area contributed by atoms with Crippen molar-refractivity contribution in [3.8, 4) is 17.2 Å². The number of ketones is 1. The number of ether oxygens (including phenoxy) is 3. The summed E-state index contributed by atoms with van der Waals surface area (Å²) in [6.45, 7) is 0. The molecule has 7 heteroatoms. The lowest BCUT2D eigenvalue weighted by Gasteiger charge is -2.15. The van der Waals surface area contributed by atoms with Gasteiger partial charge in [-0.05, 0) is 48.6 Å². The Kier molecular flexibility index (Phi) is 6.54. The maximum Gasteiger partial charge on any atom is 0.203 e. The van der Waals surface area contributed by atoms with E-state index in [1.54, 1.807) is 76.1 Å². The number of hydrogen-bond donors (Lipinski definition) is 2. The predicted octanol–water partition coefficient (Wildman–Crippen LogP) is 4.33. The lowest BCUT2D eigenvalue weighted by Crippen LogP contribution is -2.00. The third-order valence-corrected chi connectivity index (χ3v) is 4.38. The number of benzene rings is 2. The third kappa shape index (κ3) is 4.70. The Morgan fingerprint density at radius 2 is 1.67 bits per heavy atom. The molecule has 1 aromatic heterocycles. The average Bonchev–Trinajstić information content (AvgIpc) is 2.78. The monoisotopic (exact) mass is 405 g/mol. The highest BCUT2D eigenvalue weighted by Crippen LogP contribution is 2.40. The molecule has 0 aliphatic heterocycles. The Labute approximate surface area is 175 Å². The second-order valence-corrected chi connectivity index (χ2v) is 6.30. The van der Waals surface area contributed by atoms with E-state index in [4.69, 9.17) is 19.9 Å². The Morgan fingerprint density at radius 3 is 2.27 bits per heavy atom. The lowest BCUT2D eigenvalue weighted by molar-refractivity contribution is 0.104. The Bertz CT molecular complexity index is 1040. The van der Waals surface area contributed by atoms with Gasteiger partial charge in [0.2, 0.25) is 5.75 Å². The number of allylic oxidation sites excluding steroid dienone is 1. The van der Waals surface area contributed by atoms with E-state index in [0.29, 0.717) is 40.0 Å². The second-order valence-electron chi connectivity index (χ2n) is 6.30. The number of nitrogens with zero attached hydrogens (tertiary/aromatic N) is 1. The highest BCUT2D eigenvalue weighted by atomic mass is 16.5. The number of anilines is 3. The normalized spacial score (nSPS) is 10.6. The molecule has 0 fully saturated rings. The van der Waals surface area contributed by atoms with Gasteiger partial charge < -0.3 is 25.3 Å². The van der Waals surface area contributed by atoms with Crippen LogP contribution in [-0.2, 0) is 0 Å². The van der Waals surface area contributed by atoms with Crippen molar-refractivity contribution in [2.45, 2.75) is 0 Å². The molecule has 0 amide bonds. The zero-order valence-electron chi connectivity index (χ0n) is 17.0. The van der Waals surface area contributed by atoms with Crippen molar-refractivity contribution in [2.24, 2.45) is 0 Å². The molecule has 3 N–H and O–H groups in total. The minimum absolute atomic E-state index is 0.127. The standard InChI is InChI=1S/C23H23N3O4/c1-28-20-13-18(14-21(29-2)22(20)30-3)26-23-16(5-4-12-25-23)8-11-19(27)15-6-9-17(24)10-7-15/h4-14H,24H2,1-3H3,(H,25,26). The number of hydrogen-bond acceptors (Lipinski definition) is 7. The van der Waals surface area contributed by atoms with Gasteiger partial charge in [0, 0.05) is 40.8 Å². The summed E-state index contributed by atoms with van der Waals surface area (Å²) in [4.78, 5) is 16.8. The van der Waals surface area contributed by atoms with E-state index < -0.39 is 0 Å². The van der Waals surface area contributed by atoms with Crippen LogP contribution >= 0.6 is 0 Å². The molecule has 0 atom stereocenters. The van der Waals surface area contributed by atoms with Gasteiger partial charge in [0.15, 0.2) is 17.3 Å². The van der Waals surface area contributed by atoms with Crippen LogP contribution < -0.4 is 25.3 Å². The van der Waals surface area contributed by atoms with E-state index in [9.17, 15) is 4.79 Å². The van der Waals surface area contributed by atoms with Crippen molar-refractivity contribution in [1.82, 2.24) is 4.98 Å². The molecule has 3 rings (SSSR count). The predicted molar refractivity (Wildman–Crippen MR) is 118 cm³/mol. The summed E-state index contributed by atoms with van der Waals surface area (Å²) in [7, 11) is 4.66. The quantitative estimate of drug-likeness (QED) is 0.327. The van der Waals surface area contributed by atoms with Crippen LogP contribution in [0.3, 0.4) is 0 Å². The van der Waals surface area contributed by atoms with Crippen LogP contribution in [-0.4, -0.2) is 32.1 Å². The van der Waals surface area contributed by atoms with Gasteiger partial charge in [-0.2, -0.15) is 0 Å². The number of carbonyl (C=O) groups is 1. The van der Waals surface area contributed by atoms with Gasteiger partial charge in [-0.15, -0.1) is 0 Å². The molecule has 0 saturated carbocycles. The van der Waals surface area contributed by atoms with Crippen LogP contribution in [0.15, 0.2) is 60.8 Å². The van der Waals surface area contributed by atoms with Gasteiger partial charge in [0.25, 0.3) is 0 Å². The SMILES string of the molecule is COc1cc(Nc2ncccc2C=CC(=O)c2ccc(N)cc2)cc(OC)c1OC. The van der Waals surface area contributed by atoms with E-state index >= 15 is 0 Å². The molecule has 0 saturated heterocycles. The topological polar surface area (TPSA) is 95.7 Å².